The zero-order chi connectivity index (χ0) is 11.7. The number of hydrogen-bond acceptors (Lipinski definition) is 3. The Bertz CT molecular complexity index is 390. The number of rotatable bonds is 2. The lowest BCUT2D eigenvalue weighted by Crippen LogP contribution is -2.35. The van der Waals surface area contributed by atoms with E-state index >= 15 is 0 Å². The normalized spacial score (nSPS) is 25.7. The zero-order valence-corrected chi connectivity index (χ0v) is 10.7. The zero-order valence-electron chi connectivity index (χ0n) is 9.98. The van der Waals surface area contributed by atoms with Gasteiger partial charge in [-0.1, -0.05) is 24.4 Å². The average Bonchev–Trinajstić information content (AvgIpc) is 3.00. The van der Waals surface area contributed by atoms with Gasteiger partial charge in [0.1, 0.15) is 11.0 Å². The molecule has 0 N–H and O–H groups in total. The van der Waals surface area contributed by atoms with Gasteiger partial charge in [-0.2, -0.15) is 0 Å². The molecule has 3 rings (SSSR count). The van der Waals surface area contributed by atoms with Gasteiger partial charge in [-0.3, -0.25) is 4.98 Å². The highest BCUT2D eigenvalue weighted by Gasteiger charge is 2.34. The highest BCUT2D eigenvalue weighted by molar-refractivity contribution is 6.29. The second kappa shape index (κ2) is 4.81. The molecule has 17 heavy (non-hydrogen) atoms. The van der Waals surface area contributed by atoms with E-state index in [2.05, 4.69) is 14.9 Å². The van der Waals surface area contributed by atoms with Crippen LogP contribution in [-0.2, 0) is 0 Å². The molecule has 1 aliphatic heterocycles. The summed E-state index contributed by atoms with van der Waals surface area (Å²) in [6.07, 6.45) is 11.6. The van der Waals surface area contributed by atoms with Crippen LogP contribution in [0.2, 0.25) is 5.15 Å². The number of hydrogen-bond donors (Lipinski definition) is 0. The lowest BCUT2D eigenvalue weighted by atomic mass is 9.96. The quantitative estimate of drug-likeness (QED) is 0.808. The summed E-state index contributed by atoms with van der Waals surface area (Å²) >= 11 is 5.93. The predicted molar refractivity (Wildman–Crippen MR) is 69.4 cm³/mol. The lowest BCUT2D eigenvalue weighted by molar-refractivity contribution is 0.429. The molecule has 2 aliphatic rings. The van der Waals surface area contributed by atoms with Crippen molar-refractivity contribution in [3.63, 3.8) is 0 Å². The van der Waals surface area contributed by atoms with Gasteiger partial charge in [-0.05, 0) is 31.6 Å². The molecule has 0 aromatic carbocycles. The smallest absolute Gasteiger partial charge is 0.149 e. The molecular weight excluding hydrogens is 234 g/mol. The SMILES string of the molecule is Clc1cncc(N2CCCC2C2CCCC2)n1. The molecular formula is C13H18ClN3. The highest BCUT2D eigenvalue weighted by Crippen LogP contribution is 2.37. The van der Waals surface area contributed by atoms with E-state index in [1.165, 1.54) is 38.5 Å². The number of aromatic nitrogens is 2. The van der Waals surface area contributed by atoms with Gasteiger partial charge in [0.25, 0.3) is 0 Å². The first-order valence-electron chi connectivity index (χ1n) is 6.59. The fraction of sp³-hybridized carbons (Fsp3) is 0.692. The summed E-state index contributed by atoms with van der Waals surface area (Å²) in [6, 6.07) is 0.672. The van der Waals surface area contributed by atoms with Crippen LogP contribution in [0.3, 0.4) is 0 Å². The van der Waals surface area contributed by atoms with Gasteiger partial charge < -0.3 is 4.90 Å². The van der Waals surface area contributed by atoms with Crippen molar-refractivity contribution in [2.45, 2.75) is 44.6 Å². The van der Waals surface area contributed by atoms with E-state index in [4.69, 9.17) is 11.6 Å². The minimum Gasteiger partial charge on any atom is -0.352 e. The van der Waals surface area contributed by atoms with Crippen LogP contribution in [-0.4, -0.2) is 22.6 Å². The van der Waals surface area contributed by atoms with Gasteiger partial charge in [0.05, 0.1) is 12.4 Å². The highest BCUT2D eigenvalue weighted by atomic mass is 35.5. The van der Waals surface area contributed by atoms with Gasteiger partial charge in [-0.15, -0.1) is 0 Å². The first-order chi connectivity index (χ1) is 8.34. The third-order valence-electron chi connectivity index (χ3n) is 4.13. The van der Waals surface area contributed by atoms with E-state index in [0.29, 0.717) is 11.2 Å². The van der Waals surface area contributed by atoms with Gasteiger partial charge in [-0.25, -0.2) is 4.98 Å². The van der Waals surface area contributed by atoms with Crippen LogP contribution in [0.4, 0.5) is 5.82 Å². The Hall–Kier alpha value is -0.830. The summed E-state index contributed by atoms with van der Waals surface area (Å²) in [7, 11) is 0. The number of halogens is 1. The minimum atomic E-state index is 0.500. The third-order valence-corrected chi connectivity index (χ3v) is 4.31. The first kappa shape index (κ1) is 11.3. The Balaban J connectivity index is 1.81. The molecule has 1 aromatic rings. The molecule has 0 radical (unpaired) electrons. The van der Waals surface area contributed by atoms with Crippen LogP contribution in [0.25, 0.3) is 0 Å². The molecule has 2 heterocycles. The van der Waals surface area contributed by atoms with Crippen molar-refractivity contribution in [2.24, 2.45) is 5.92 Å². The minimum absolute atomic E-state index is 0.500. The average molecular weight is 252 g/mol. The van der Waals surface area contributed by atoms with Crippen molar-refractivity contribution in [3.05, 3.63) is 17.5 Å². The molecule has 1 unspecified atom stereocenters. The summed E-state index contributed by atoms with van der Waals surface area (Å²) in [5.41, 5.74) is 0. The number of nitrogens with zero attached hydrogens (tertiary/aromatic N) is 3. The molecule has 1 saturated heterocycles. The topological polar surface area (TPSA) is 29.0 Å². The standard InChI is InChI=1S/C13H18ClN3/c14-12-8-15-9-13(16-12)17-7-3-6-11(17)10-4-1-2-5-10/h8-11H,1-7H2. The molecule has 1 atom stereocenters. The monoisotopic (exact) mass is 251 g/mol. The van der Waals surface area contributed by atoms with E-state index in [-0.39, 0.29) is 0 Å². The van der Waals surface area contributed by atoms with E-state index in [9.17, 15) is 0 Å². The van der Waals surface area contributed by atoms with Gasteiger partial charge >= 0.3 is 0 Å². The van der Waals surface area contributed by atoms with Crippen LogP contribution in [0.1, 0.15) is 38.5 Å². The molecule has 4 heteroatoms. The summed E-state index contributed by atoms with van der Waals surface area (Å²) < 4.78 is 0. The second-order valence-electron chi connectivity index (χ2n) is 5.15. The summed E-state index contributed by atoms with van der Waals surface area (Å²) in [4.78, 5) is 11.0. The van der Waals surface area contributed by atoms with Crippen molar-refractivity contribution in [1.29, 1.82) is 0 Å². The van der Waals surface area contributed by atoms with Crippen LogP contribution in [0.15, 0.2) is 12.4 Å². The second-order valence-corrected chi connectivity index (χ2v) is 5.53. The fourth-order valence-electron chi connectivity index (χ4n) is 3.38. The van der Waals surface area contributed by atoms with Crippen LogP contribution >= 0.6 is 11.6 Å². The lowest BCUT2D eigenvalue weighted by Gasteiger charge is -2.30. The van der Waals surface area contributed by atoms with Crippen LogP contribution in [0, 0.1) is 5.92 Å². The maximum absolute atomic E-state index is 5.93. The molecule has 0 spiro atoms. The largest absolute Gasteiger partial charge is 0.352 e. The van der Waals surface area contributed by atoms with Crippen LogP contribution < -0.4 is 4.90 Å². The van der Waals surface area contributed by atoms with Crippen LogP contribution in [0.5, 0.6) is 0 Å². The summed E-state index contributed by atoms with van der Waals surface area (Å²) in [6.45, 7) is 1.11. The van der Waals surface area contributed by atoms with E-state index in [0.717, 1.165) is 18.3 Å². The van der Waals surface area contributed by atoms with Gasteiger partial charge in [0, 0.05) is 12.6 Å². The molecule has 0 amide bonds. The van der Waals surface area contributed by atoms with Crippen molar-refractivity contribution >= 4 is 17.4 Å². The van der Waals surface area contributed by atoms with E-state index in [1.807, 2.05) is 6.20 Å². The fourth-order valence-corrected chi connectivity index (χ4v) is 3.52. The van der Waals surface area contributed by atoms with Crippen molar-refractivity contribution in [1.82, 2.24) is 9.97 Å². The molecule has 0 bridgehead atoms. The summed E-state index contributed by atoms with van der Waals surface area (Å²) in [5, 5.41) is 0.500. The maximum atomic E-state index is 5.93. The van der Waals surface area contributed by atoms with Gasteiger partial charge in [0.2, 0.25) is 0 Å². The molecule has 2 fully saturated rings. The molecule has 92 valence electrons. The van der Waals surface area contributed by atoms with Crippen molar-refractivity contribution in [2.75, 3.05) is 11.4 Å². The molecule has 3 nitrogen and oxygen atoms in total. The maximum Gasteiger partial charge on any atom is 0.149 e. The van der Waals surface area contributed by atoms with Crippen molar-refractivity contribution < 1.29 is 0 Å². The predicted octanol–water partition coefficient (Wildman–Crippen LogP) is 3.29. The Morgan fingerprint density at radius 3 is 2.71 bits per heavy atom. The Labute approximate surface area is 107 Å². The Kier molecular flexibility index (Phi) is 3.19. The Morgan fingerprint density at radius 1 is 1.12 bits per heavy atom. The van der Waals surface area contributed by atoms with Crippen molar-refractivity contribution in [3.8, 4) is 0 Å². The first-order valence-corrected chi connectivity index (χ1v) is 6.96. The van der Waals surface area contributed by atoms with Gasteiger partial charge in [0.15, 0.2) is 0 Å². The summed E-state index contributed by atoms with van der Waals surface area (Å²) in [5.74, 6) is 1.82. The van der Waals surface area contributed by atoms with E-state index in [1.54, 1.807) is 6.20 Å². The van der Waals surface area contributed by atoms with E-state index < -0.39 is 0 Å². The molecule has 1 saturated carbocycles. The molecule has 1 aromatic heterocycles. The third kappa shape index (κ3) is 2.25. The Morgan fingerprint density at radius 2 is 1.94 bits per heavy atom. The molecule has 1 aliphatic carbocycles. The number of anilines is 1.